The molecule has 1 aromatic rings. The normalized spacial score (nSPS) is 22.2. The predicted octanol–water partition coefficient (Wildman–Crippen LogP) is 4.21. The molecule has 1 aliphatic carbocycles. The molecular weight excluding hydrogens is 344 g/mol. The van der Waals surface area contributed by atoms with E-state index in [-0.39, 0.29) is 17.9 Å². The van der Waals surface area contributed by atoms with Gasteiger partial charge in [-0.15, -0.1) is 0 Å². The van der Waals surface area contributed by atoms with Gasteiger partial charge in [0.1, 0.15) is 17.1 Å². The second-order valence-corrected chi connectivity index (χ2v) is 9.47. The summed E-state index contributed by atoms with van der Waals surface area (Å²) in [7, 11) is 0. The number of carbonyl (C=O) groups is 2. The van der Waals surface area contributed by atoms with Crippen LogP contribution in [0.4, 0.5) is 4.79 Å². The standard InChI is InChI=1S/C21H34N2O4/c1-20(2,3)26-18(24)17(14-9-11-15(22)12-10-14)16-8-7-13-23(16)19(25)27-21(4,5)6/h7-8,13-15,17H,9-12,22H2,1-6H3. The number of hydrogen-bond acceptors (Lipinski definition) is 5. The van der Waals surface area contributed by atoms with E-state index in [1.807, 2.05) is 47.6 Å². The highest BCUT2D eigenvalue weighted by atomic mass is 16.6. The maximum atomic E-state index is 13.1. The number of ether oxygens (including phenoxy) is 2. The van der Waals surface area contributed by atoms with Crippen LogP contribution in [0.2, 0.25) is 0 Å². The monoisotopic (exact) mass is 378 g/mol. The SMILES string of the molecule is CC(C)(C)OC(=O)C(c1cccn1C(=O)OC(C)(C)C)C1CCC(N)CC1. The molecule has 0 bridgehead atoms. The van der Waals surface area contributed by atoms with E-state index in [2.05, 4.69) is 0 Å². The molecule has 0 spiro atoms. The number of carbonyl (C=O) groups excluding carboxylic acids is 2. The van der Waals surface area contributed by atoms with Gasteiger partial charge in [0, 0.05) is 17.9 Å². The number of hydrogen-bond donors (Lipinski definition) is 1. The minimum atomic E-state index is -0.613. The van der Waals surface area contributed by atoms with Gasteiger partial charge in [-0.25, -0.2) is 4.79 Å². The highest BCUT2D eigenvalue weighted by Gasteiger charge is 2.38. The van der Waals surface area contributed by atoms with Gasteiger partial charge in [-0.2, -0.15) is 0 Å². The van der Waals surface area contributed by atoms with E-state index in [1.165, 1.54) is 4.57 Å². The van der Waals surface area contributed by atoms with Gasteiger partial charge in [0.2, 0.25) is 0 Å². The molecule has 2 rings (SSSR count). The average Bonchev–Trinajstić information content (AvgIpc) is 2.95. The Morgan fingerprint density at radius 2 is 1.59 bits per heavy atom. The fourth-order valence-electron chi connectivity index (χ4n) is 3.52. The van der Waals surface area contributed by atoms with Crippen molar-refractivity contribution >= 4 is 12.1 Å². The van der Waals surface area contributed by atoms with E-state index in [1.54, 1.807) is 12.3 Å². The quantitative estimate of drug-likeness (QED) is 0.796. The molecular formula is C21H34N2O4. The molecule has 6 nitrogen and oxygen atoms in total. The van der Waals surface area contributed by atoms with Crippen molar-refractivity contribution < 1.29 is 19.1 Å². The van der Waals surface area contributed by atoms with Crippen LogP contribution in [0.5, 0.6) is 0 Å². The zero-order valence-corrected chi connectivity index (χ0v) is 17.5. The Labute approximate surface area is 162 Å². The second kappa shape index (κ2) is 8.05. The minimum Gasteiger partial charge on any atom is -0.459 e. The van der Waals surface area contributed by atoms with Gasteiger partial charge < -0.3 is 15.2 Å². The number of nitrogens with zero attached hydrogens (tertiary/aromatic N) is 1. The lowest BCUT2D eigenvalue weighted by atomic mass is 9.77. The molecule has 1 unspecified atom stereocenters. The summed E-state index contributed by atoms with van der Waals surface area (Å²) in [5, 5.41) is 0. The molecule has 27 heavy (non-hydrogen) atoms. The van der Waals surface area contributed by atoms with Crippen LogP contribution in [0.1, 0.15) is 78.8 Å². The fourth-order valence-corrected chi connectivity index (χ4v) is 3.52. The van der Waals surface area contributed by atoms with Crippen molar-refractivity contribution in [3.8, 4) is 0 Å². The Kier molecular flexibility index (Phi) is 6.40. The molecule has 0 amide bonds. The lowest BCUT2D eigenvalue weighted by molar-refractivity contribution is -0.158. The largest absolute Gasteiger partial charge is 0.459 e. The number of nitrogens with two attached hydrogens (primary N) is 1. The predicted molar refractivity (Wildman–Crippen MR) is 105 cm³/mol. The summed E-state index contributed by atoms with van der Waals surface area (Å²) in [6.07, 6.45) is 4.59. The topological polar surface area (TPSA) is 83.5 Å². The second-order valence-electron chi connectivity index (χ2n) is 9.47. The Bertz CT molecular complexity index is 658. The minimum absolute atomic E-state index is 0.0933. The van der Waals surface area contributed by atoms with E-state index in [4.69, 9.17) is 15.2 Å². The number of rotatable bonds is 3. The van der Waals surface area contributed by atoms with Gasteiger partial charge in [-0.05, 0) is 85.3 Å². The molecule has 1 fully saturated rings. The molecule has 1 aliphatic rings. The third-order valence-electron chi connectivity index (χ3n) is 4.64. The first kappa shape index (κ1) is 21.5. The lowest BCUT2D eigenvalue weighted by Crippen LogP contribution is -2.37. The molecule has 0 aliphatic heterocycles. The first-order valence-corrected chi connectivity index (χ1v) is 9.76. The van der Waals surface area contributed by atoms with Crippen LogP contribution in [0.3, 0.4) is 0 Å². The van der Waals surface area contributed by atoms with Gasteiger partial charge in [0.25, 0.3) is 0 Å². The molecule has 1 saturated carbocycles. The number of aromatic nitrogens is 1. The van der Waals surface area contributed by atoms with Crippen molar-refractivity contribution in [1.82, 2.24) is 4.57 Å². The molecule has 1 atom stereocenters. The fraction of sp³-hybridized carbons (Fsp3) is 0.714. The summed E-state index contributed by atoms with van der Waals surface area (Å²) < 4.78 is 12.7. The van der Waals surface area contributed by atoms with E-state index < -0.39 is 23.2 Å². The molecule has 152 valence electrons. The molecule has 0 saturated heterocycles. The maximum absolute atomic E-state index is 13.1. The van der Waals surface area contributed by atoms with Crippen molar-refractivity contribution in [2.75, 3.05) is 0 Å². The third-order valence-corrected chi connectivity index (χ3v) is 4.64. The zero-order valence-electron chi connectivity index (χ0n) is 17.5. The van der Waals surface area contributed by atoms with Crippen molar-refractivity contribution in [1.29, 1.82) is 0 Å². The van der Waals surface area contributed by atoms with E-state index >= 15 is 0 Å². The average molecular weight is 379 g/mol. The summed E-state index contributed by atoms with van der Waals surface area (Å²) in [5.41, 5.74) is 5.46. The molecule has 1 heterocycles. The van der Waals surface area contributed by atoms with Crippen LogP contribution >= 0.6 is 0 Å². The van der Waals surface area contributed by atoms with Crippen LogP contribution in [0.15, 0.2) is 18.3 Å². The lowest BCUT2D eigenvalue weighted by Gasteiger charge is -2.33. The first-order chi connectivity index (χ1) is 12.4. The molecule has 0 radical (unpaired) electrons. The smallest absolute Gasteiger partial charge is 0.418 e. The van der Waals surface area contributed by atoms with E-state index in [0.717, 1.165) is 25.7 Å². The summed E-state index contributed by atoms with van der Waals surface area (Å²) in [5.74, 6) is -0.721. The number of esters is 1. The van der Waals surface area contributed by atoms with Crippen molar-refractivity contribution in [2.24, 2.45) is 11.7 Å². The van der Waals surface area contributed by atoms with Gasteiger partial charge in [-0.3, -0.25) is 9.36 Å². The van der Waals surface area contributed by atoms with E-state index in [9.17, 15) is 9.59 Å². The third kappa shape index (κ3) is 6.09. The van der Waals surface area contributed by atoms with Gasteiger partial charge in [0.15, 0.2) is 0 Å². The van der Waals surface area contributed by atoms with Crippen LogP contribution in [-0.2, 0) is 14.3 Å². The first-order valence-electron chi connectivity index (χ1n) is 9.76. The highest BCUT2D eigenvalue weighted by molar-refractivity contribution is 5.81. The van der Waals surface area contributed by atoms with Gasteiger partial charge in [-0.1, -0.05) is 0 Å². The molecule has 1 aromatic heterocycles. The summed E-state index contributed by atoms with van der Waals surface area (Å²) in [6, 6.07) is 3.76. The Morgan fingerprint density at radius 3 is 2.11 bits per heavy atom. The summed E-state index contributed by atoms with van der Waals surface area (Å²) in [4.78, 5) is 25.7. The van der Waals surface area contributed by atoms with E-state index in [0.29, 0.717) is 5.69 Å². The van der Waals surface area contributed by atoms with Crippen LogP contribution in [-0.4, -0.2) is 33.9 Å². The highest BCUT2D eigenvalue weighted by Crippen LogP contribution is 2.38. The molecule has 0 aromatic carbocycles. The molecule has 6 heteroatoms. The maximum Gasteiger partial charge on any atom is 0.418 e. The van der Waals surface area contributed by atoms with Crippen LogP contribution in [0.25, 0.3) is 0 Å². The van der Waals surface area contributed by atoms with Gasteiger partial charge in [0.05, 0.1) is 0 Å². The Morgan fingerprint density at radius 1 is 1.04 bits per heavy atom. The summed E-state index contributed by atoms with van der Waals surface area (Å²) >= 11 is 0. The van der Waals surface area contributed by atoms with Gasteiger partial charge >= 0.3 is 12.1 Å². The Balaban J connectivity index is 2.35. The van der Waals surface area contributed by atoms with Crippen molar-refractivity contribution in [2.45, 2.75) is 90.4 Å². The van der Waals surface area contributed by atoms with Crippen molar-refractivity contribution in [3.05, 3.63) is 24.0 Å². The molecule has 2 N–H and O–H groups in total. The zero-order chi connectivity index (χ0) is 20.4. The summed E-state index contributed by atoms with van der Waals surface area (Å²) in [6.45, 7) is 11.0. The van der Waals surface area contributed by atoms with Crippen LogP contribution in [0, 0.1) is 5.92 Å². The van der Waals surface area contributed by atoms with Crippen molar-refractivity contribution in [3.63, 3.8) is 0 Å². The van der Waals surface area contributed by atoms with Crippen LogP contribution < -0.4 is 5.73 Å². The Hall–Kier alpha value is -1.82.